The maximum Gasteiger partial charge on any atom is 0.318 e. The number of benzene rings is 1. The van der Waals surface area contributed by atoms with Crippen LogP contribution in [0.2, 0.25) is 0 Å². The van der Waals surface area contributed by atoms with E-state index in [1.165, 1.54) is 18.9 Å². The molecule has 0 saturated heterocycles. The molecule has 0 saturated carbocycles. The van der Waals surface area contributed by atoms with E-state index < -0.39 is 0 Å². The van der Waals surface area contributed by atoms with Gasteiger partial charge in [0.1, 0.15) is 10.3 Å². The first-order valence-electron chi connectivity index (χ1n) is 6.71. The summed E-state index contributed by atoms with van der Waals surface area (Å²) in [6.07, 6.45) is 0. The molecule has 0 unspecified atom stereocenters. The van der Waals surface area contributed by atoms with Gasteiger partial charge < -0.3 is 4.74 Å². The van der Waals surface area contributed by atoms with Crippen LogP contribution in [0.5, 0.6) is 0 Å². The molecule has 7 heteroatoms. The number of fused-ring (bicyclic) bond motifs is 1. The number of carbonyl (C=O) groups is 1. The van der Waals surface area contributed by atoms with Crippen molar-refractivity contribution in [3.05, 3.63) is 42.5 Å². The molecular weight excluding hydrogens is 300 g/mol. The highest BCUT2D eigenvalue weighted by atomic mass is 32.2. The molecule has 0 spiro atoms. The van der Waals surface area contributed by atoms with Crippen LogP contribution in [-0.2, 0) is 9.53 Å². The molecule has 1 atom stereocenters. The van der Waals surface area contributed by atoms with E-state index in [0.29, 0.717) is 16.5 Å². The molecule has 0 aliphatic rings. The first-order valence-corrected chi connectivity index (χ1v) is 7.59. The molecule has 0 fully saturated rings. The summed E-state index contributed by atoms with van der Waals surface area (Å²) >= 11 is 1.34. The van der Waals surface area contributed by atoms with E-state index in [1.54, 1.807) is 11.4 Å². The van der Waals surface area contributed by atoms with Crippen LogP contribution in [0.1, 0.15) is 6.92 Å². The second kappa shape index (κ2) is 6.15. The quantitative estimate of drug-likeness (QED) is 0.544. The van der Waals surface area contributed by atoms with Gasteiger partial charge in [0.05, 0.1) is 7.11 Å². The third kappa shape index (κ3) is 2.80. The van der Waals surface area contributed by atoms with Gasteiger partial charge in [-0.15, -0.1) is 10.2 Å². The smallest absolute Gasteiger partial charge is 0.318 e. The summed E-state index contributed by atoms with van der Waals surface area (Å²) in [6, 6.07) is 13.4. The van der Waals surface area contributed by atoms with Crippen LogP contribution in [-0.4, -0.2) is 38.1 Å². The van der Waals surface area contributed by atoms with Gasteiger partial charge in [0, 0.05) is 5.56 Å². The van der Waals surface area contributed by atoms with E-state index in [-0.39, 0.29) is 11.2 Å². The maximum atomic E-state index is 11.5. The Labute approximate surface area is 131 Å². The third-order valence-corrected chi connectivity index (χ3v) is 4.11. The summed E-state index contributed by atoms with van der Waals surface area (Å²) in [5.41, 5.74) is 1.60. The lowest BCUT2D eigenvalue weighted by Gasteiger charge is -2.08. The fourth-order valence-corrected chi connectivity index (χ4v) is 2.83. The zero-order valence-electron chi connectivity index (χ0n) is 12.1. The molecule has 0 aliphatic carbocycles. The van der Waals surface area contributed by atoms with Crippen molar-refractivity contribution < 1.29 is 9.53 Å². The normalized spacial score (nSPS) is 12.3. The van der Waals surface area contributed by atoms with Crippen LogP contribution < -0.4 is 0 Å². The molecule has 0 bridgehead atoms. The van der Waals surface area contributed by atoms with Gasteiger partial charge in [0.15, 0.2) is 11.5 Å². The first-order chi connectivity index (χ1) is 10.7. The van der Waals surface area contributed by atoms with Crippen molar-refractivity contribution in [2.75, 3.05) is 7.11 Å². The summed E-state index contributed by atoms with van der Waals surface area (Å²) in [7, 11) is 1.38. The zero-order chi connectivity index (χ0) is 15.5. The van der Waals surface area contributed by atoms with Gasteiger partial charge in [-0.05, 0) is 19.1 Å². The van der Waals surface area contributed by atoms with Crippen LogP contribution in [0.4, 0.5) is 0 Å². The van der Waals surface area contributed by atoms with Gasteiger partial charge in [0.2, 0.25) is 0 Å². The van der Waals surface area contributed by atoms with Gasteiger partial charge in [-0.1, -0.05) is 42.1 Å². The van der Waals surface area contributed by atoms with Crippen LogP contribution >= 0.6 is 11.8 Å². The Morgan fingerprint density at radius 1 is 1.18 bits per heavy atom. The highest BCUT2D eigenvalue weighted by Crippen LogP contribution is 2.23. The van der Waals surface area contributed by atoms with Crippen molar-refractivity contribution in [1.29, 1.82) is 0 Å². The maximum absolute atomic E-state index is 11.5. The van der Waals surface area contributed by atoms with E-state index in [4.69, 9.17) is 4.74 Å². The van der Waals surface area contributed by atoms with E-state index >= 15 is 0 Å². The number of ether oxygens (including phenoxy) is 1. The third-order valence-electron chi connectivity index (χ3n) is 3.10. The number of methoxy groups -OCH3 is 1. The molecule has 22 heavy (non-hydrogen) atoms. The highest BCUT2D eigenvalue weighted by molar-refractivity contribution is 8.00. The Hall–Kier alpha value is -2.41. The number of esters is 1. The second-order valence-corrected chi connectivity index (χ2v) is 5.98. The fraction of sp³-hybridized carbons (Fsp3) is 0.200. The van der Waals surface area contributed by atoms with E-state index in [0.717, 1.165) is 5.56 Å². The average Bonchev–Trinajstić information content (AvgIpc) is 2.98. The number of carbonyl (C=O) groups excluding carboxylic acids is 1. The predicted molar refractivity (Wildman–Crippen MR) is 83.6 cm³/mol. The Balaban J connectivity index is 1.97. The lowest BCUT2D eigenvalue weighted by molar-refractivity contribution is -0.139. The molecule has 0 N–H and O–H groups in total. The molecule has 2 heterocycles. The van der Waals surface area contributed by atoms with Crippen LogP contribution in [0.15, 0.2) is 47.5 Å². The van der Waals surface area contributed by atoms with E-state index in [9.17, 15) is 4.79 Å². The Kier molecular flexibility index (Phi) is 4.06. The van der Waals surface area contributed by atoms with Crippen LogP contribution in [0.3, 0.4) is 0 Å². The number of hydrogen-bond donors (Lipinski definition) is 0. The van der Waals surface area contributed by atoms with Crippen molar-refractivity contribution >= 4 is 23.4 Å². The second-order valence-electron chi connectivity index (χ2n) is 4.61. The van der Waals surface area contributed by atoms with Crippen LogP contribution in [0.25, 0.3) is 17.0 Å². The summed E-state index contributed by atoms with van der Waals surface area (Å²) < 4.78 is 6.41. The molecule has 3 aromatic rings. The monoisotopic (exact) mass is 314 g/mol. The molecule has 112 valence electrons. The van der Waals surface area contributed by atoms with Gasteiger partial charge in [-0.25, -0.2) is 0 Å². The number of rotatable bonds is 4. The number of nitrogens with zero attached hydrogens (tertiary/aromatic N) is 4. The van der Waals surface area contributed by atoms with Crippen molar-refractivity contribution in [1.82, 2.24) is 19.8 Å². The SMILES string of the molecule is COC(=O)[C@H](C)Sc1ccc2nnc(-c3ccccc3)n2n1. The Morgan fingerprint density at radius 2 is 1.95 bits per heavy atom. The van der Waals surface area contributed by atoms with Gasteiger partial charge in [0.25, 0.3) is 0 Å². The van der Waals surface area contributed by atoms with E-state index in [2.05, 4.69) is 15.3 Å². The molecular formula is C15H14N4O2S. The van der Waals surface area contributed by atoms with Crippen molar-refractivity contribution in [2.24, 2.45) is 0 Å². The zero-order valence-corrected chi connectivity index (χ0v) is 12.9. The Bertz CT molecular complexity index is 804. The molecule has 0 radical (unpaired) electrons. The first kappa shape index (κ1) is 14.5. The standard InChI is InChI=1S/C15H14N4O2S/c1-10(15(20)21-2)22-13-9-8-12-16-17-14(19(12)18-13)11-6-4-3-5-7-11/h3-10H,1-2H3/t10-/m0/s1. The largest absolute Gasteiger partial charge is 0.468 e. The minimum Gasteiger partial charge on any atom is -0.468 e. The molecule has 6 nitrogen and oxygen atoms in total. The van der Waals surface area contributed by atoms with Crippen molar-refractivity contribution in [3.63, 3.8) is 0 Å². The summed E-state index contributed by atoms with van der Waals surface area (Å²) in [4.78, 5) is 11.5. The van der Waals surface area contributed by atoms with Gasteiger partial charge in [-0.2, -0.15) is 9.61 Å². The minimum atomic E-state index is -0.327. The lowest BCUT2D eigenvalue weighted by Crippen LogP contribution is -2.15. The predicted octanol–water partition coefficient (Wildman–Crippen LogP) is 2.44. The Morgan fingerprint density at radius 3 is 2.68 bits per heavy atom. The molecule has 1 aromatic carbocycles. The highest BCUT2D eigenvalue weighted by Gasteiger charge is 2.17. The van der Waals surface area contributed by atoms with E-state index in [1.807, 2.05) is 42.5 Å². The molecule has 0 aliphatic heterocycles. The number of hydrogen-bond acceptors (Lipinski definition) is 6. The van der Waals surface area contributed by atoms with Gasteiger partial charge in [-0.3, -0.25) is 4.79 Å². The minimum absolute atomic E-state index is 0.279. The topological polar surface area (TPSA) is 69.4 Å². The van der Waals surface area contributed by atoms with Crippen molar-refractivity contribution in [2.45, 2.75) is 17.2 Å². The fourth-order valence-electron chi connectivity index (χ4n) is 2.00. The van der Waals surface area contributed by atoms with Gasteiger partial charge >= 0.3 is 5.97 Å². The number of aromatic nitrogens is 4. The molecule has 3 rings (SSSR count). The lowest BCUT2D eigenvalue weighted by atomic mass is 10.2. The molecule has 2 aromatic heterocycles. The summed E-state index contributed by atoms with van der Waals surface area (Å²) in [6.45, 7) is 1.78. The average molecular weight is 314 g/mol. The number of thioether (sulfide) groups is 1. The molecule has 0 amide bonds. The van der Waals surface area contributed by atoms with Crippen molar-refractivity contribution in [3.8, 4) is 11.4 Å². The summed E-state index contributed by atoms with van der Waals surface area (Å²) in [5, 5.41) is 13.2. The summed E-state index contributed by atoms with van der Waals surface area (Å²) in [5.74, 6) is 0.391. The van der Waals surface area contributed by atoms with Crippen LogP contribution in [0, 0.1) is 0 Å².